The number of benzene rings is 1. The van der Waals surface area contributed by atoms with Crippen molar-refractivity contribution in [2.24, 2.45) is 0 Å². The number of hydrogen-bond donors (Lipinski definition) is 1. The first-order valence-electron chi connectivity index (χ1n) is 7.84. The molecule has 21 heavy (non-hydrogen) atoms. The summed E-state index contributed by atoms with van der Waals surface area (Å²) >= 11 is 0. The van der Waals surface area contributed by atoms with E-state index in [4.69, 9.17) is 0 Å². The van der Waals surface area contributed by atoms with Gasteiger partial charge in [-0.15, -0.1) is 0 Å². The molecule has 1 N–H and O–H groups in total. The van der Waals surface area contributed by atoms with Gasteiger partial charge in [-0.1, -0.05) is 31.2 Å². The van der Waals surface area contributed by atoms with E-state index >= 15 is 0 Å². The molecular formula is C18H23N3. The zero-order valence-electron chi connectivity index (χ0n) is 12.7. The Kier molecular flexibility index (Phi) is 4.51. The van der Waals surface area contributed by atoms with Gasteiger partial charge in [-0.25, -0.2) is 0 Å². The molecule has 3 rings (SSSR count). The highest BCUT2D eigenvalue weighted by Crippen LogP contribution is 2.26. The molecule has 0 amide bonds. The number of hydrogen-bond acceptors (Lipinski definition) is 3. The molecule has 0 unspecified atom stereocenters. The minimum absolute atomic E-state index is 0.887. The lowest BCUT2D eigenvalue weighted by atomic mass is 10.0. The second-order valence-electron chi connectivity index (χ2n) is 5.58. The Balaban J connectivity index is 1.87. The van der Waals surface area contributed by atoms with E-state index in [1.165, 1.54) is 35.2 Å². The van der Waals surface area contributed by atoms with Crippen LogP contribution in [0.4, 0.5) is 5.69 Å². The summed E-state index contributed by atoms with van der Waals surface area (Å²) in [6, 6.07) is 11.0. The molecule has 1 aromatic carbocycles. The largest absolute Gasteiger partial charge is 0.367 e. The second-order valence-corrected chi connectivity index (χ2v) is 5.58. The third kappa shape index (κ3) is 3.24. The van der Waals surface area contributed by atoms with Gasteiger partial charge in [0.05, 0.1) is 0 Å². The molecule has 0 fully saturated rings. The van der Waals surface area contributed by atoms with Crippen LogP contribution in [0, 0.1) is 0 Å². The van der Waals surface area contributed by atoms with Gasteiger partial charge in [0.25, 0.3) is 0 Å². The fourth-order valence-electron chi connectivity index (χ4n) is 3.03. The Morgan fingerprint density at radius 3 is 2.90 bits per heavy atom. The maximum absolute atomic E-state index is 4.29. The Labute approximate surface area is 127 Å². The van der Waals surface area contributed by atoms with Crippen LogP contribution in [0.25, 0.3) is 0 Å². The Morgan fingerprint density at radius 2 is 2.05 bits per heavy atom. The maximum Gasteiger partial charge on any atom is 0.0445 e. The van der Waals surface area contributed by atoms with Crippen LogP contribution < -0.4 is 10.2 Å². The number of aryl methyl sites for hydroxylation is 1. The lowest BCUT2D eigenvalue weighted by Crippen LogP contribution is -2.25. The molecule has 3 heteroatoms. The van der Waals surface area contributed by atoms with Gasteiger partial charge >= 0.3 is 0 Å². The fourth-order valence-corrected chi connectivity index (χ4v) is 3.03. The summed E-state index contributed by atoms with van der Waals surface area (Å²) in [6.07, 6.45) is 6.29. The van der Waals surface area contributed by atoms with Crippen LogP contribution in [0.15, 0.2) is 42.7 Å². The highest BCUT2D eigenvalue weighted by molar-refractivity contribution is 5.53. The molecule has 0 aliphatic carbocycles. The van der Waals surface area contributed by atoms with Gasteiger partial charge in [0.15, 0.2) is 0 Å². The van der Waals surface area contributed by atoms with Gasteiger partial charge in [-0.2, -0.15) is 0 Å². The number of nitrogens with one attached hydrogen (secondary N) is 1. The van der Waals surface area contributed by atoms with E-state index in [2.05, 4.69) is 52.5 Å². The summed E-state index contributed by atoms with van der Waals surface area (Å²) in [5.74, 6) is 0. The molecule has 0 radical (unpaired) electrons. The van der Waals surface area contributed by atoms with Crippen molar-refractivity contribution in [2.75, 3.05) is 18.0 Å². The van der Waals surface area contributed by atoms with Crippen LogP contribution in [0.1, 0.15) is 30.0 Å². The van der Waals surface area contributed by atoms with E-state index in [0.717, 1.165) is 26.2 Å². The lowest BCUT2D eigenvalue weighted by Gasteiger charge is -2.25. The third-order valence-corrected chi connectivity index (χ3v) is 4.14. The Bertz CT molecular complexity index is 595. The van der Waals surface area contributed by atoms with E-state index in [-0.39, 0.29) is 0 Å². The predicted octanol–water partition coefficient (Wildman–Crippen LogP) is 3.14. The lowest BCUT2D eigenvalue weighted by molar-refractivity contribution is 0.710. The SMILES string of the molecule is CCNCc1cnccc1N1CCCc2ccccc2C1. The second kappa shape index (κ2) is 6.72. The molecule has 2 heterocycles. The average Bonchev–Trinajstić information content (AvgIpc) is 2.75. The van der Waals surface area contributed by atoms with Crippen molar-refractivity contribution in [3.05, 3.63) is 59.4 Å². The van der Waals surface area contributed by atoms with Crippen molar-refractivity contribution in [1.29, 1.82) is 0 Å². The highest BCUT2D eigenvalue weighted by atomic mass is 15.1. The molecule has 0 bridgehead atoms. The summed E-state index contributed by atoms with van der Waals surface area (Å²) in [6.45, 7) is 6.12. The van der Waals surface area contributed by atoms with Crippen LogP contribution in [0.3, 0.4) is 0 Å². The average molecular weight is 281 g/mol. The van der Waals surface area contributed by atoms with E-state index in [1.54, 1.807) is 0 Å². The summed E-state index contributed by atoms with van der Waals surface area (Å²) in [4.78, 5) is 6.79. The van der Waals surface area contributed by atoms with Gasteiger partial charge in [0.1, 0.15) is 0 Å². The number of aromatic nitrogens is 1. The molecule has 1 aliphatic rings. The molecular weight excluding hydrogens is 258 g/mol. The van der Waals surface area contributed by atoms with Crippen LogP contribution in [0.2, 0.25) is 0 Å². The number of pyridine rings is 1. The van der Waals surface area contributed by atoms with E-state index < -0.39 is 0 Å². The van der Waals surface area contributed by atoms with Crippen LogP contribution in [0.5, 0.6) is 0 Å². The van der Waals surface area contributed by atoms with Gasteiger partial charge in [0, 0.05) is 43.3 Å². The number of fused-ring (bicyclic) bond motifs is 1. The Morgan fingerprint density at radius 1 is 1.19 bits per heavy atom. The van der Waals surface area contributed by atoms with Crippen molar-refractivity contribution in [1.82, 2.24) is 10.3 Å². The van der Waals surface area contributed by atoms with Crippen LogP contribution >= 0.6 is 0 Å². The van der Waals surface area contributed by atoms with Gasteiger partial charge in [-0.3, -0.25) is 4.98 Å². The first-order valence-corrected chi connectivity index (χ1v) is 7.84. The topological polar surface area (TPSA) is 28.2 Å². The smallest absolute Gasteiger partial charge is 0.0445 e. The summed E-state index contributed by atoms with van der Waals surface area (Å²) in [5.41, 5.74) is 5.57. The first kappa shape index (κ1) is 14.1. The standard InChI is InChI=1S/C18H23N3/c1-2-19-12-17-13-20-10-9-18(17)21-11-5-8-15-6-3-4-7-16(15)14-21/h3-4,6-7,9-10,13,19H,2,5,8,11-12,14H2,1H3. The molecule has 0 saturated heterocycles. The van der Waals surface area contributed by atoms with Crippen molar-refractivity contribution < 1.29 is 0 Å². The first-order chi connectivity index (χ1) is 10.4. The van der Waals surface area contributed by atoms with Crippen molar-refractivity contribution >= 4 is 5.69 Å². The monoisotopic (exact) mass is 281 g/mol. The third-order valence-electron chi connectivity index (χ3n) is 4.14. The maximum atomic E-state index is 4.29. The zero-order chi connectivity index (χ0) is 14.5. The predicted molar refractivity (Wildman–Crippen MR) is 87.4 cm³/mol. The molecule has 0 atom stereocenters. The highest BCUT2D eigenvalue weighted by Gasteiger charge is 2.16. The summed E-state index contributed by atoms with van der Waals surface area (Å²) in [5, 5.41) is 3.41. The molecule has 1 aliphatic heterocycles. The van der Waals surface area contributed by atoms with Gasteiger partial charge in [0.2, 0.25) is 0 Å². The number of nitrogens with zero attached hydrogens (tertiary/aromatic N) is 2. The minimum Gasteiger partial charge on any atom is -0.367 e. The number of rotatable bonds is 4. The molecule has 0 saturated carbocycles. The molecule has 110 valence electrons. The van der Waals surface area contributed by atoms with E-state index in [9.17, 15) is 0 Å². The molecule has 0 spiro atoms. The fraction of sp³-hybridized carbons (Fsp3) is 0.389. The van der Waals surface area contributed by atoms with Gasteiger partial charge in [-0.05, 0) is 36.6 Å². The normalized spacial score (nSPS) is 14.6. The van der Waals surface area contributed by atoms with Crippen molar-refractivity contribution in [2.45, 2.75) is 32.9 Å². The number of anilines is 1. The summed E-state index contributed by atoms with van der Waals surface area (Å²) < 4.78 is 0. The molecule has 1 aromatic heterocycles. The minimum atomic E-state index is 0.887. The van der Waals surface area contributed by atoms with Crippen LogP contribution in [-0.4, -0.2) is 18.1 Å². The zero-order valence-corrected chi connectivity index (χ0v) is 12.7. The van der Waals surface area contributed by atoms with E-state index in [1.807, 2.05) is 12.4 Å². The van der Waals surface area contributed by atoms with Gasteiger partial charge < -0.3 is 10.2 Å². The Hall–Kier alpha value is -1.87. The summed E-state index contributed by atoms with van der Waals surface area (Å²) in [7, 11) is 0. The van der Waals surface area contributed by atoms with Crippen LogP contribution in [-0.2, 0) is 19.5 Å². The van der Waals surface area contributed by atoms with Crippen molar-refractivity contribution in [3.8, 4) is 0 Å². The van der Waals surface area contributed by atoms with Crippen molar-refractivity contribution in [3.63, 3.8) is 0 Å². The molecule has 2 aromatic rings. The molecule has 3 nitrogen and oxygen atoms in total. The quantitative estimate of drug-likeness (QED) is 0.933. The van der Waals surface area contributed by atoms with E-state index in [0.29, 0.717) is 0 Å².